The standard InChI is InChI=1S/C36H41N3O/c1-34(2)27-14-17-35(34,3)32-31(27)38-29(20-40-32)37-39(33(38)30-25-13-8-16-36(25)18-15-26(30)36)28-19-21-9-4-5-10-22(21)23-11-6-7-12-24(23)28/h4-6,9-11,13,15,27-28,30-33H,7-8,12,14,16-20H2,1-3H3/t27?,28?,30?,31-,32-,33?,35?,36?/m1/s1. The fourth-order valence-electron chi connectivity index (χ4n) is 11.5. The zero-order valence-corrected chi connectivity index (χ0v) is 24.2. The molecule has 1 spiro atoms. The van der Waals surface area contributed by atoms with Crippen LogP contribution in [0.1, 0.15) is 76.8 Å². The van der Waals surface area contributed by atoms with Gasteiger partial charge in [0.05, 0.1) is 18.2 Å². The molecule has 2 bridgehead atoms. The van der Waals surface area contributed by atoms with Crippen molar-refractivity contribution in [1.82, 2.24) is 9.91 Å². The second-order valence-electron chi connectivity index (χ2n) is 15.1. The number of hydrogen-bond donors (Lipinski definition) is 0. The molecule has 10 rings (SSSR count). The van der Waals surface area contributed by atoms with Crippen molar-refractivity contribution in [3.8, 4) is 0 Å². The van der Waals surface area contributed by atoms with Gasteiger partial charge in [-0.15, -0.1) is 0 Å². The van der Waals surface area contributed by atoms with Crippen LogP contribution in [-0.4, -0.2) is 46.7 Å². The molecule has 3 saturated carbocycles. The minimum atomic E-state index is 0.241. The van der Waals surface area contributed by atoms with Gasteiger partial charge in [-0.3, -0.25) is 5.01 Å². The number of rotatable bonds is 2. The van der Waals surface area contributed by atoms with Crippen LogP contribution in [0.2, 0.25) is 0 Å². The van der Waals surface area contributed by atoms with Crippen LogP contribution in [0.5, 0.6) is 0 Å². The third-order valence-corrected chi connectivity index (χ3v) is 13.9. The van der Waals surface area contributed by atoms with Crippen LogP contribution < -0.4 is 0 Å². The molecule has 7 aliphatic carbocycles. The maximum atomic E-state index is 6.86. The van der Waals surface area contributed by atoms with Crippen LogP contribution in [0.25, 0.3) is 5.57 Å². The Morgan fingerprint density at radius 2 is 1.90 bits per heavy atom. The van der Waals surface area contributed by atoms with Gasteiger partial charge in [0.15, 0.2) is 5.84 Å². The normalized spacial score (nSPS) is 44.4. The molecule has 9 aliphatic rings. The van der Waals surface area contributed by atoms with Crippen LogP contribution in [0.15, 0.2) is 70.4 Å². The van der Waals surface area contributed by atoms with Crippen LogP contribution in [0, 0.1) is 28.1 Å². The number of hydrogen-bond acceptors (Lipinski definition) is 4. The fraction of sp³-hybridized carbons (Fsp3) is 0.583. The van der Waals surface area contributed by atoms with Crippen molar-refractivity contribution in [2.45, 2.75) is 96.5 Å². The van der Waals surface area contributed by atoms with Gasteiger partial charge in [0.1, 0.15) is 12.8 Å². The summed E-state index contributed by atoms with van der Waals surface area (Å²) in [5.41, 5.74) is 10.4. The lowest BCUT2D eigenvalue weighted by Gasteiger charge is -2.62. The molecule has 0 amide bonds. The van der Waals surface area contributed by atoms with Crippen molar-refractivity contribution in [2.24, 2.45) is 33.2 Å². The van der Waals surface area contributed by atoms with E-state index >= 15 is 0 Å². The average molecular weight is 532 g/mol. The summed E-state index contributed by atoms with van der Waals surface area (Å²) in [6.45, 7) is 8.28. The highest BCUT2D eigenvalue weighted by Gasteiger charge is 2.72. The molecule has 0 N–H and O–H groups in total. The van der Waals surface area contributed by atoms with E-state index in [1.54, 1.807) is 16.7 Å². The number of ether oxygens (including phenoxy) is 1. The van der Waals surface area contributed by atoms with E-state index in [4.69, 9.17) is 9.84 Å². The highest BCUT2D eigenvalue weighted by Crippen LogP contribution is 2.73. The first kappa shape index (κ1) is 23.0. The molecule has 4 heteroatoms. The first-order valence-corrected chi connectivity index (χ1v) is 16.1. The molecular formula is C36H41N3O. The summed E-state index contributed by atoms with van der Waals surface area (Å²) in [5, 5.41) is 8.27. The molecule has 4 nitrogen and oxygen atoms in total. The molecule has 1 saturated heterocycles. The van der Waals surface area contributed by atoms with Gasteiger partial charge in [-0.05, 0) is 85.0 Å². The van der Waals surface area contributed by atoms with Gasteiger partial charge < -0.3 is 9.64 Å². The van der Waals surface area contributed by atoms with Gasteiger partial charge in [-0.1, -0.05) is 80.5 Å². The summed E-state index contributed by atoms with van der Waals surface area (Å²) >= 11 is 0. The van der Waals surface area contributed by atoms with Gasteiger partial charge in [0.25, 0.3) is 0 Å². The monoisotopic (exact) mass is 531 g/mol. The zero-order valence-electron chi connectivity index (χ0n) is 24.2. The summed E-state index contributed by atoms with van der Waals surface area (Å²) in [4.78, 5) is 2.87. The van der Waals surface area contributed by atoms with Crippen LogP contribution >= 0.6 is 0 Å². The number of amidine groups is 1. The highest BCUT2D eigenvalue weighted by atomic mass is 16.5. The Labute approximate surface area is 238 Å². The smallest absolute Gasteiger partial charge is 0.153 e. The molecule has 0 aromatic heterocycles. The Morgan fingerprint density at radius 1 is 1.02 bits per heavy atom. The van der Waals surface area contributed by atoms with E-state index in [1.807, 2.05) is 0 Å². The van der Waals surface area contributed by atoms with Crippen molar-refractivity contribution in [3.63, 3.8) is 0 Å². The van der Waals surface area contributed by atoms with Crippen LogP contribution in [0.3, 0.4) is 0 Å². The second-order valence-corrected chi connectivity index (χ2v) is 15.1. The highest BCUT2D eigenvalue weighted by molar-refractivity contribution is 5.87. The van der Waals surface area contributed by atoms with E-state index in [0.29, 0.717) is 42.0 Å². The minimum Gasteiger partial charge on any atom is -0.367 e. The second kappa shape index (κ2) is 7.24. The quantitative estimate of drug-likeness (QED) is 0.390. The number of hydrazone groups is 1. The van der Waals surface area contributed by atoms with Gasteiger partial charge in [-0.2, -0.15) is 5.10 Å². The van der Waals surface area contributed by atoms with Gasteiger partial charge >= 0.3 is 0 Å². The van der Waals surface area contributed by atoms with Crippen molar-refractivity contribution in [1.29, 1.82) is 0 Å². The molecule has 1 aromatic carbocycles. The number of benzene rings is 1. The van der Waals surface area contributed by atoms with E-state index in [-0.39, 0.29) is 17.0 Å². The van der Waals surface area contributed by atoms with Crippen molar-refractivity contribution in [3.05, 3.63) is 76.4 Å². The number of morpholine rings is 1. The Morgan fingerprint density at radius 3 is 2.77 bits per heavy atom. The van der Waals surface area contributed by atoms with Crippen molar-refractivity contribution >= 4 is 11.4 Å². The molecule has 40 heavy (non-hydrogen) atoms. The molecule has 206 valence electrons. The van der Waals surface area contributed by atoms with Crippen molar-refractivity contribution < 1.29 is 4.74 Å². The van der Waals surface area contributed by atoms with E-state index in [0.717, 1.165) is 19.3 Å². The minimum absolute atomic E-state index is 0.241. The van der Waals surface area contributed by atoms with E-state index in [2.05, 4.69) is 79.2 Å². The van der Waals surface area contributed by atoms with Crippen LogP contribution in [0.4, 0.5) is 0 Å². The summed E-state index contributed by atoms with van der Waals surface area (Å²) < 4.78 is 6.86. The first-order chi connectivity index (χ1) is 19.4. The molecule has 4 fully saturated rings. The Hall–Kier alpha value is -2.59. The topological polar surface area (TPSA) is 28.1 Å². The third kappa shape index (κ3) is 2.39. The number of allylic oxidation sites excluding steroid dienone is 5. The molecule has 0 radical (unpaired) electrons. The summed E-state index contributed by atoms with van der Waals surface area (Å²) in [7, 11) is 0. The average Bonchev–Trinajstić information content (AvgIpc) is 3.66. The van der Waals surface area contributed by atoms with E-state index in [1.165, 1.54) is 54.6 Å². The molecular weight excluding hydrogens is 490 g/mol. The summed E-state index contributed by atoms with van der Waals surface area (Å²) in [6, 6.07) is 9.89. The summed E-state index contributed by atoms with van der Waals surface area (Å²) in [6.07, 6.45) is 20.4. The first-order valence-electron chi connectivity index (χ1n) is 16.1. The third-order valence-electron chi connectivity index (χ3n) is 13.9. The van der Waals surface area contributed by atoms with E-state index in [9.17, 15) is 0 Å². The predicted octanol–water partition coefficient (Wildman–Crippen LogP) is 6.86. The maximum Gasteiger partial charge on any atom is 0.153 e. The SMILES string of the molecule is CC1(C)C2CCC1(C)[C@@H]1OCC3=NN(C4Cc5ccccc5C5=C4CCC=C5)C(C4C5=CCCC56CC=C46)N3[C@H]21. The van der Waals surface area contributed by atoms with Crippen molar-refractivity contribution in [2.75, 3.05) is 6.61 Å². The lowest BCUT2D eigenvalue weighted by Crippen LogP contribution is -2.66. The Bertz CT molecular complexity index is 1530. The molecule has 1 aromatic rings. The van der Waals surface area contributed by atoms with Gasteiger partial charge in [-0.25, -0.2) is 0 Å². The van der Waals surface area contributed by atoms with E-state index < -0.39 is 0 Å². The molecule has 2 heterocycles. The largest absolute Gasteiger partial charge is 0.367 e. The maximum absolute atomic E-state index is 6.86. The summed E-state index contributed by atoms with van der Waals surface area (Å²) in [5.74, 6) is 2.36. The van der Waals surface area contributed by atoms with Crippen LogP contribution in [-0.2, 0) is 11.2 Å². The predicted molar refractivity (Wildman–Crippen MR) is 158 cm³/mol. The zero-order chi connectivity index (χ0) is 26.6. The fourth-order valence-corrected chi connectivity index (χ4v) is 11.5. The Balaban J connectivity index is 1.13. The van der Waals surface area contributed by atoms with Gasteiger partial charge in [0.2, 0.25) is 0 Å². The lowest BCUT2D eigenvalue weighted by molar-refractivity contribution is -0.0988. The molecule has 6 unspecified atom stereocenters. The van der Waals surface area contributed by atoms with Gasteiger partial charge in [0, 0.05) is 16.7 Å². The Kier molecular flexibility index (Phi) is 4.17. The number of fused-ring (bicyclic) bond motifs is 9. The lowest BCUT2D eigenvalue weighted by atomic mass is 9.46. The number of nitrogens with zero attached hydrogens (tertiary/aromatic N) is 3. The molecule has 8 atom stereocenters. The molecule has 2 aliphatic heterocycles.